The molecule has 2 aromatic heterocycles. The highest BCUT2D eigenvalue weighted by Crippen LogP contribution is 2.39. The van der Waals surface area contributed by atoms with E-state index in [1.807, 2.05) is 18.2 Å². The van der Waals surface area contributed by atoms with Gasteiger partial charge in [-0.05, 0) is 18.2 Å². The molecule has 0 aliphatic carbocycles. The van der Waals surface area contributed by atoms with Crippen LogP contribution in [0.5, 0.6) is 0 Å². The fourth-order valence-corrected chi connectivity index (χ4v) is 3.32. The molecule has 0 bridgehead atoms. The van der Waals surface area contributed by atoms with Gasteiger partial charge in [-0.25, -0.2) is 0 Å². The normalized spacial score (nSPS) is 14.4. The van der Waals surface area contributed by atoms with E-state index in [1.54, 1.807) is 12.3 Å². The second kappa shape index (κ2) is 5.99. The summed E-state index contributed by atoms with van der Waals surface area (Å²) in [6.45, 7) is 0.280. The Kier molecular flexibility index (Phi) is 4.59. The zero-order chi connectivity index (χ0) is 13.1. The number of rotatable bonds is 4. The number of nitrogens with two attached hydrogens (primary N) is 1. The minimum atomic E-state index is -0.804. The molecule has 2 aromatic rings. The molecule has 3 nitrogen and oxygen atoms in total. The van der Waals surface area contributed by atoms with Crippen molar-refractivity contribution < 1.29 is 5.11 Å². The van der Waals surface area contributed by atoms with Gasteiger partial charge in [0.05, 0.1) is 10.4 Å². The smallest absolute Gasteiger partial charge is 0.100 e. The highest BCUT2D eigenvalue weighted by atomic mass is 35.5. The van der Waals surface area contributed by atoms with E-state index in [0.717, 1.165) is 5.69 Å². The highest BCUT2D eigenvalue weighted by Gasteiger charge is 2.25. The zero-order valence-electron chi connectivity index (χ0n) is 9.38. The van der Waals surface area contributed by atoms with Crippen LogP contribution in [0.1, 0.15) is 23.3 Å². The number of thiophene rings is 1. The van der Waals surface area contributed by atoms with Crippen LogP contribution < -0.4 is 5.73 Å². The van der Waals surface area contributed by atoms with Crippen molar-refractivity contribution in [3.8, 4) is 0 Å². The van der Waals surface area contributed by atoms with Gasteiger partial charge < -0.3 is 10.8 Å². The first-order valence-corrected chi connectivity index (χ1v) is 6.94. The molecule has 0 aromatic carbocycles. The van der Waals surface area contributed by atoms with Crippen LogP contribution in [0.2, 0.25) is 8.67 Å². The average molecular weight is 303 g/mol. The van der Waals surface area contributed by atoms with Crippen LogP contribution in [-0.2, 0) is 0 Å². The number of hydrogen-bond donors (Lipinski definition) is 2. The summed E-state index contributed by atoms with van der Waals surface area (Å²) < 4.78 is 1.03. The van der Waals surface area contributed by atoms with Gasteiger partial charge in [-0.3, -0.25) is 4.98 Å². The van der Waals surface area contributed by atoms with Gasteiger partial charge in [-0.1, -0.05) is 29.3 Å². The number of aliphatic hydroxyl groups is 1. The largest absolute Gasteiger partial charge is 0.388 e. The number of nitrogens with zero attached hydrogens (tertiary/aromatic N) is 1. The predicted octanol–water partition coefficient (Wildman–Crippen LogP) is 3.23. The Balaban J connectivity index is 2.31. The van der Waals surface area contributed by atoms with E-state index in [9.17, 15) is 5.11 Å². The minimum Gasteiger partial charge on any atom is -0.388 e. The maximum Gasteiger partial charge on any atom is 0.100 e. The topological polar surface area (TPSA) is 59.1 Å². The second-order valence-electron chi connectivity index (χ2n) is 3.82. The maximum atomic E-state index is 10.4. The van der Waals surface area contributed by atoms with E-state index in [0.29, 0.717) is 14.2 Å². The summed E-state index contributed by atoms with van der Waals surface area (Å²) in [5.41, 5.74) is 7.07. The van der Waals surface area contributed by atoms with E-state index in [2.05, 4.69) is 4.98 Å². The molecule has 0 radical (unpaired) electrons. The summed E-state index contributed by atoms with van der Waals surface area (Å²) >= 11 is 13.2. The Morgan fingerprint density at radius 1 is 1.39 bits per heavy atom. The summed E-state index contributed by atoms with van der Waals surface area (Å²) in [6, 6.07) is 7.19. The summed E-state index contributed by atoms with van der Waals surface area (Å²) in [5, 5.41) is 10.4. The van der Waals surface area contributed by atoms with Gasteiger partial charge in [-0.15, -0.1) is 11.3 Å². The molecule has 96 valence electrons. The summed E-state index contributed by atoms with van der Waals surface area (Å²) in [4.78, 5) is 4.22. The first kappa shape index (κ1) is 13.8. The third-order valence-electron chi connectivity index (χ3n) is 2.70. The van der Waals surface area contributed by atoms with Crippen molar-refractivity contribution in [2.75, 3.05) is 6.54 Å². The lowest BCUT2D eigenvalue weighted by molar-refractivity contribution is 0.146. The van der Waals surface area contributed by atoms with Crippen LogP contribution >= 0.6 is 34.5 Å². The summed E-state index contributed by atoms with van der Waals surface area (Å²) in [6.07, 6.45) is 0.869. The van der Waals surface area contributed by atoms with Crippen molar-refractivity contribution in [3.63, 3.8) is 0 Å². The van der Waals surface area contributed by atoms with Gasteiger partial charge in [0.15, 0.2) is 0 Å². The Labute approximate surface area is 119 Å². The Morgan fingerprint density at radius 2 is 2.17 bits per heavy atom. The van der Waals surface area contributed by atoms with Gasteiger partial charge in [-0.2, -0.15) is 0 Å². The average Bonchev–Trinajstić information content (AvgIpc) is 2.70. The number of aromatic nitrogens is 1. The van der Waals surface area contributed by atoms with E-state index in [-0.39, 0.29) is 12.5 Å². The monoisotopic (exact) mass is 302 g/mol. The van der Waals surface area contributed by atoms with Crippen LogP contribution in [0.15, 0.2) is 30.5 Å². The van der Waals surface area contributed by atoms with Crippen LogP contribution in [-0.4, -0.2) is 16.6 Å². The molecule has 2 rings (SSSR count). The first-order valence-electron chi connectivity index (χ1n) is 5.37. The molecule has 0 aliphatic heterocycles. The van der Waals surface area contributed by atoms with Crippen molar-refractivity contribution in [2.45, 2.75) is 12.0 Å². The quantitative estimate of drug-likeness (QED) is 0.911. The molecule has 2 atom stereocenters. The fourth-order valence-electron chi connectivity index (χ4n) is 1.78. The molecule has 0 aliphatic rings. The van der Waals surface area contributed by atoms with Crippen molar-refractivity contribution in [1.29, 1.82) is 0 Å². The Bertz CT molecular complexity index is 518. The van der Waals surface area contributed by atoms with Crippen LogP contribution in [0, 0.1) is 0 Å². The fraction of sp³-hybridized carbons (Fsp3) is 0.250. The van der Waals surface area contributed by atoms with E-state index in [4.69, 9.17) is 28.9 Å². The highest BCUT2D eigenvalue weighted by molar-refractivity contribution is 7.20. The number of hydrogen-bond acceptors (Lipinski definition) is 4. The van der Waals surface area contributed by atoms with Crippen molar-refractivity contribution >= 4 is 34.5 Å². The van der Waals surface area contributed by atoms with Gasteiger partial charge >= 0.3 is 0 Å². The maximum absolute atomic E-state index is 10.4. The van der Waals surface area contributed by atoms with Crippen LogP contribution in [0.4, 0.5) is 0 Å². The molecule has 0 amide bonds. The van der Waals surface area contributed by atoms with E-state index < -0.39 is 6.10 Å². The molecule has 6 heteroatoms. The van der Waals surface area contributed by atoms with Crippen molar-refractivity contribution in [3.05, 3.63) is 50.4 Å². The van der Waals surface area contributed by atoms with Gasteiger partial charge in [0.1, 0.15) is 4.34 Å². The van der Waals surface area contributed by atoms with Crippen LogP contribution in [0.25, 0.3) is 0 Å². The molecule has 0 saturated carbocycles. The molecular weight excluding hydrogens is 291 g/mol. The number of halogens is 2. The lowest BCUT2D eigenvalue weighted by Gasteiger charge is -2.20. The number of aliphatic hydroxyl groups excluding tert-OH is 1. The predicted molar refractivity (Wildman–Crippen MR) is 75.3 cm³/mol. The lowest BCUT2D eigenvalue weighted by atomic mass is 9.94. The standard InChI is InChI=1S/C12H12Cl2N2OS/c13-10-5-7(12(14)18-10)11(17)8(6-15)9-3-1-2-4-16-9/h1-5,8,11,17H,6,15H2. The summed E-state index contributed by atoms with van der Waals surface area (Å²) in [7, 11) is 0. The first-order chi connectivity index (χ1) is 8.63. The van der Waals surface area contributed by atoms with Gasteiger partial charge in [0.2, 0.25) is 0 Å². The third kappa shape index (κ3) is 2.84. The lowest BCUT2D eigenvalue weighted by Crippen LogP contribution is -2.21. The third-order valence-corrected chi connectivity index (χ3v) is 4.22. The molecule has 2 unspecified atom stereocenters. The molecular formula is C12H12Cl2N2OS. The second-order valence-corrected chi connectivity index (χ2v) is 6.11. The molecule has 0 saturated heterocycles. The van der Waals surface area contributed by atoms with Crippen molar-refractivity contribution in [2.24, 2.45) is 5.73 Å². The Hall–Kier alpha value is -0.650. The molecule has 0 fully saturated rings. The molecule has 2 heterocycles. The molecule has 3 N–H and O–H groups in total. The van der Waals surface area contributed by atoms with Crippen molar-refractivity contribution in [1.82, 2.24) is 4.98 Å². The van der Waals surface area contributed by atoms with Crippen LogP contribution in [0.3, 0.4) is 0 Å². The molecule has 0 spiro atoms. The zero-order valence-corrected chi connectivity index (χ0v) is 11.7. The van der Waals surface area contributed by atoms with E-state index in [1.165, 1.54) is 11.3 Å². The SMILES string of the molecule is NCC(c1ccccn1)C(O)c1cc(Cl)sc1Cl. The van der Waals surface area contributed by atoms with E-state index >= 15 is 0 Å². The Morgan fingerprint density at radius 3 is 2.67 bits per heavy atom. The molecule has 18 heavy (non-hydrogen) atoms. The van der Waals surface area contributed by atoms with Gasteiger partial charge in [0.25, 0.3) is 0 Å². The summed E-state index contributed by atoms with van der Waals surface area (Å²) in [5.74, 6) is -0.297. The van der Waals surface area contributed by atoms with Gasteiger partial charge in [0, 0.05) is 29.9 Å². The number of pyridine rings is 1. The minimum absolute atomic E-state index is 0.280.